The van der Waals surface area contributed by atoms with Crippen LogP contribution < -0.4 is 0 Å². The molecule has 1 fully saturated rings. The molecule has 0 spiro atoms. The molecular weight excluding hydrogens is 238 g/mol. The summed E-state index contributed by atoms with van der Waals surface area (Å²) in [4.78, 5) is 10.9. The summed E-state index contributed by atoms with van der Waals surface area (Å²) in [6.45, 7) is 0. The van der Waals surface area contributed by atoms with Crippen molar-refractivity contribution in [2.24, 2.45) is 5.92 Å². The first kappa shape index (κ1) is 10.8. The molecule has 1 aliphatic carbocycles. The zero-order chi connectivity index (χ0) is 12.5. The van der Waals surface area contributed by atoms with E-state index in [0.29, 0.717) is 17.4 Å². The fraction of sp³-hybridized carbons (Fsp3) is 0.556. The van der Waals surface area contributed by atoms with Crippen LogP contribution in [0.5, 0.6) is 0 Å². The molecule has 0 amide bonds. The molecule has 0 bridgehead atoms. The van der Waals surface area contributed by atoms with Gasteiger partial charge < -0.3 is 5.11 Å². The smallest absolute Gasteiger partial charge is 0.305 e. The molecule has 1 unspecified atom stereocenters. The molecule has 2 N–H and O–H groups in total. The number of H-pyrrole nitrogens is 1. The van der Waals surface area contributed by atoms with Gasteiger partial charge >= 0.3 is 5.97 Å². The molecule has 0 aliphatic heterocycles. The van der Waals surface area contributed by atoms with E-state index in [4.69, 9.17) is 5.11 Å². The second kappa shape index (κ2) is 4.17. The molecule has 9 heteroatoms. The maximum absolute atomic E-state index is 10.9. The molecule has 0 radical (unpaired) electrons. The van der Waals surface area contributed by atoms with Gasteiger partial charge in [0.05, 0.1) is 18.7 Å². The van der Waals surface area contributed by atoms with Crippen LogP contribution in [0.1, 0.15) is 25.3 Å². The standard InChI is InChI=1S/C9H11N7O2/c17-8(18)3-7(5-1-2-5)16-9(12-14-15-16)6-4-10-13-11-6/h4-5,7H,1-3H2,(H,17,18)(H,10,11,13). The number of hydrogen-bond donors (Lipinski definition) is 2. The highest BCUT2D eigenvalue weighted by Crippen LogP contribution is 2.42. The number of carbonyl (C=O) groups is 1. The van der Waals surface area contributed by atoms with Gasteiger partial charge in [-0.1, -0.05) is 0 Å². The Balaban J connectivity index is 1.95. The van der Waals surface area contributed by atoms with Crippen molar-refractivity contribution in [1.82, 2.24) is 35.6 Å². The molecule has 2 aromatic heterocycles. The number of aliphatic carboxylic acids is 1. The number of nitrogens with one attached hydrogen (secondary N) is 1. The summed E-state index contributed by atoms with van der Waals surface area (Å²) < 4.78 is 1.55. The Labute approximate surface area is 101 Å². The summed E-state index contributed by atoms with van der Waals surface area (Å²) in [5.74, 6) is -0.0781. The van der Waals surface area contributed by atoms with E-state index in [2.05, 4.69) is 30.9 Å². The molecular formula is C9H11N7O2. The lowest BCUT2D eigenvalue weighted by molar-refractivity contribution is -0.138. The van der Waals surface area contributed by atoms with E-state index in [9.17, 15) is 4.79 Å². The maximum Gasteiger partial charge on any atom is 0.305 e. The lowest BCUT2D eigenvalue weighted by atomic mass is 10.1. The van der Waals surface area contributed by atoms with Gasteiger partial charge in [0.2, 0.25) is 5.82 Å². The number of nitrogens with zero attached hydrogens (tertiary/aromatic N) is 6. The fourth-order valence-electron chi connectivity index (χ4n) is 2.01. The van der Waals surface area contributed by atoms with Gasteiger partial charge in [0.15, 0.2) is 5.69 Å². The van der Waals surface area contributed by atoms with Crippen molar-refractivity contribution in [3.8, 4) is 11.5 Å². The highest BCUT2D eigenvalue weighted by Gasteiger charge is 2.36. The summed E-state index contributed by atoms with van der Waals surface area (Å²) in [6.07, 6.45) is 3.54. The van der Waals surface area contributed by atoms with Gasteiger partial charge in [-0.3, -0.25) is 4.79 Å². The number of tetrazole rings is 1. The minimum absolute atomic E-state index is 0.0144. The topological polar surface area (TPSA) is 122 Å². The van der Waals surface area contributed by atoms with Crippen molar-refractivity contribution in [3.05, 3.63) is 6.20 Å². The van der Waals surface area contributed by atoms with Crippen LogP contribution in [0.3, 0.4) is 0 Å². The molecule has 2 aromatic rings. The van der Waals surface area contributed by atoms with Gasteiger partial charge in [-0.2, -0.15) is 15.4 Å². The van der Waals surface area contributed by atoms with E-state index in [0.717, 1.165) is 12.8 Å². The summed E-state index contributed by atoms with van der Waals surface area (Å²) in [7, 11) is 0. The number of aromatic nitrogens is 7. The van der Waals surface area contributed by atoms with Crippen LogP contribution in [0.15, 0.2) is 6.20 Å². The SMILES string of the molecule is O=C(O)CC(C1CC1)n1nnnc1-c1cn[nH]n1. The minimum atomic E-state index is -0.853. The van der Waals surface area contributed by atoms with Crippen molar-refractivity contribution in [2.45, 2.75) is 25.3 Å². The molecule has 9 nitrogen and oxygen atoms in total. The lowest BCUT2D eigenvalue weighted by Gasteiger charge is -2.14. The van der Waals surface area contributed by atoms with Gasteiger partial charge in [-0.15, -0.1) is 5.10 Å². The maximum atomic E-state index is 10.9. The Morgan fingerprint density at radius 1 is 1.61 bits per heavy atom. The Morgan fingerprint density at radius 3 is 3.06 bits per heavy atom. The molecule has 0 saturated heterocycles. The summed E-state index contributed by atoms with van der Waals surface area (Å²) in [5.41, 5.74) is 0.510. The van der Waals surface area contributed by atoms with Crippen molar-refractivity contribution in [1.29, 1.82) is 0 Å². The van der Waals surface area contributed by atoms with Crippen LogP contribution in [0.25, 0.3) is 11.5 Å². The number of rotatable bonds is 5. The van der Waals surface area contributed by atoms with Gasteiger partial charge in [-0.25, -0.2) is 4.68 Å². The number of carboxylic acid groups (broad SMARTS) is 1. The highest BCUT2D eigenvalue weighted by atomic mass is 16.4. The van der Waals surface area contributed by atoms with Crippen molar-refractivity contribution in [3.63, 3.8) is 0 Å². The average molecular weight is 249 g/mol. The van der Waals surface area contributed by atoms with Gasteiger partial charge in [-0.05, 0) is 29.2 Å². The van der Waals surface area contributed by atoms with Gasteiger partial charge in [0, 0.05) is 0 Å². The van der Waals surface area contributed by atoms with Crippen LogP contribution in [0.4, 0.5) is 0 Å². The Morgan fingerprint density at radius 2 is 2.44 bits per heavy atom. The monoisotopic (exact) mass is 249 g/mol. The highest BCUT2D eigenvalue weighted by molar-refractivity contribution is 5.67. The van der Waals surface area contributed by atoms with Crippen LogP contribution in [0.2, 0.25) is 0 Å². The van der Waals surface area contributed by atoms with E-state index < -0.39 is 5.97 Å². The number of hydrogen-bond acceptors (Lipinski definition) is 6. The summed E-state index contributed by atoms with van der Waals surface area (Å²) >= 11 is 0. The van der Waals surface area contributed by atoms with E-state index in [1.807, 2.05) is 0 Å². The quantitative estimate of drug-likeness (QED) is 0.757. The fourth-order valence-corrected chi connectivity index (χ4v) is 2.01. The van der Waals surface area contributed by atoms with E-state index in [-0.39, 0.29) is 12.5 Å². The minimum Gasteiger partial charge on any atom is -0.481 e. The Hall–Kier alpha value is -2.32. The largest absolute Gasteiger partial charge is 0.481 e. The Kier molecular flexibility index (Phi) is 2.50. The molecule has 3 rings (SSSR count). The number of aromatic amines is 1. The van der Waals surface area contributed by atoms with Crippen molar-refractivity contribution >= 4 is 5.97 Å². The zero-order valence-electron chi connectivity index (χ0n) is 9.39. The van der Waals surface area contributed by atoms with Crippen molar-refractivity contribution in [2.75, 3.05) is 0 Å². The molecule has 1 saturated carbocycles. The van der Waals surface area contributed by atoms with Crippen LogP contribution in [-0.2, 0) is 4.79 Å². The van der Waals surface area contributed by atoms with E-state index in [1.165, 1.54) is 6.20 Å². The molecule has 1 atom stereocenters. The van der Waals surface area contributed by atoms with Crippen LogP contribution in [-0.4, -0.2) is 46.7 Å². The molecule has 18 heavy (non-hydrogen) atoms. The first-order valence-corrected chi connectivity index (χ1v) is 5.61. The van der Waals surface area contributed by atoms with E-state index in [1.54, 1.807) is 4.68 Å². The first-order valence-electron chi connectivity index (χ1n) is 5.61. The van der Waals surface area contributed by atoms with E-state index >= 15 is 0 Å². The molecule has 94 valence electrons. The third-order valence-corrected chi connectivity index (χ3v) is 3.00. The molecule has 2 heterocycles. The van der Waals surface area contributed by atoms with Gasteiger partial charge in [0.25, 0.3) is 0 Å². The second-order valence-electron chi connectivity index (χ2n) is 4.30. The first-order chi connectivity index (χ1) is 8.75. The lowest BCUT2D eigenvalue weighted by Crippen LogP contribution is -2.18. The van der Waals surface area contributed by atoms with Crippen molar-refractivity contribution < 1.29 is 9.90 Å². The molecule has 0 aromatic carbocycles. The zero-order valence-corrected chi connectivity index (χ0v) is 9.39. The van der Waals surface area contributed by atoms with Crippen LogP contribution >= 0.6 is 0 Å². The predicted octanol–water partition coefficient (Wildman–Crippen LogP) is -0.116. The predicted molar refractivity (Wildman–Crippen MR) is 57.2 cm³/mol. The summed E-state index contributed by atoms with van der Waals surface area (Å²) in [5, 5.41) is 30.4. The van der Waals surface area contributed by atoms with Gasteiger partial charge in [0.1, 0.15) is 0 Å². The normalized spacial score (nSPS) is 16.7. The molecule has 1 aliphatic rings. The third kappa shape index (κ3) is 1.94. The second-order valence-corrected chi connectivity index (χ2v) is 4.30. The summed E-state index contributed by atoms with van der Waals surface area (Å²) in [6, 6.07) is -0.218. The van der Waals surface area contributed by atoms with Crippen LogP contribution in [0, 0.1) is 5.92 Å². The number of carboxylic acids is 1. The third-order valence-electron chi connectivity index (χ3n) is 3.00. The Bertz CT molecular complexity index is 545. The average Bonchev–Trinajstić information content (AvgIpc) is 2.86.